The van der Waals surface area contributed by atoms with Gasteiger partial charge in [-0.2, -0.15) is 0 Å². The van der Waals surface area contributed by atoms with Gasteiger partial charge in [0, 0.05) is 11.9 Å². The van der Waals surface area contributed by atoms with Gasteiger partial charge in [-0.1, -0.05) is 17.7 Å². The van der Waals surface area contributed by atoms with Crippen molar-refractivity contribution in [1.29, 1.82) is 0 Å². The maximum absolute atomic E-state index is 10.8. The van der Waals surface area contributed by atoms with Crippen molar-refractivity contribution in [1.82, 2.24) is 4.98 Å². The number of carboxylic acids is 1. The normalized spacial score (nSPS) is 9.94. The molecule has 0 radical (unpaired) electrons. The van der Waals surface area contributed by atoms with Crippen molar-refractivity contribution in [3.63, 3.8) is 0 Å². The van der Waals surface area contributed by atoms with Crippen molar-refractivity contribution in [2.24, 2.45) is 0 Å². The summed E-state index contributed by atoms with van der Waals surface area (Å²) in [5, 5.41) is 12.0. The van der Waals surface area contributed by atoms with E-state index >= 15 is 0 Å². The Labute approximate surface area is 103 Å². The molecule has 0 aliphatic carbocycles. The predicted octanol–water partition coefficient (Wildman–Crippen LogP) is 3.18. The molecule has 1 aromatic carbocycles. The molecule has 0 unspecified atom stereocenters. The molecule has 0 aliphatic rings. The van der Waals surface area contributed by atoms with Crippen LogP contribution in [0.25, 0.3) is 0 Å². The van der Waals surface area contributed by atoms with Gasteiger partial charge in [0.1, 0.15) is 5.82 Å². The van der Waals surface area contributed by atoms with Gasteiger partial charge in [0.25, 0.3) is 0 Å². The molecule has 17 heavy (non-hydrogen) atoms. The number of hydrogen-bond donors (Lipinski definition) is 2. The smallest absolute Gasteiger partial charge is 0.337 e. The molecule has 86 valence electrons. The Morgan fingerprint density at radius 3 is 2.71 bits per heavy atom. The molecular weight excluding hydrogens is 240 g/mol. The van der Waals surface area contributed by atoms with E-state index in [0.29, 0.717) is 11.5 Å². The number of anilines is 2. The molecule has 0 amide bonds. The second-order valence-electron chi connectivity index (χ2n) is 3.34. The van der Waals surface area contributed by atoms with E-state index in [-0.39, 0.29) is 10.6 Å². The fraction of sp³-hybridized carbons (Fsp3) is 0. The quantitative estimate of drug-likeness (QED) is 0.876. The first-order valence-electron chi connectivity index (χ1n) is 4.88. The van der Waals surface area contributed by atoms with Crippen molar-refractivity contribution in [2.45, 2.75) is 0 Å². The maximum atomic E-state index is 10.8. The minimum Gasteiger partial charge on any atom is -0.478 e. The van der Waals surface area contributed by atoms with Crippen molar-refractivity contribution in [3.8, 4) is 0 Å². The molecule has 0 atom stereocenters. The van der Waals surface area contributed by atoms with Gasteiger partial charge < -0.3 is 10.4 Å². The van der Waals surface area contributed by atoms with Crippen LogP contribution in [0.2, 0.25) is 5.02 Å². The summed E-state index contributed by atoms with van der Waals surface area (Å²) in [7, 11) is 0. The van der Waals surface area contributed by atoms with E-state index in [1.54, 1.807) is 24.4 Å². The van der Waals surface area contributed by atoms with E-state index in [0.717, 1.165) is 0 Å². The second kappa shape index (κ2) is 4.84. The number of nitrogens with zero attached hydrogens (tertiary/aromatic N) is 1. The molecule has 0 saturated carbocycles. The molecule has 0 spiro atoms. The lowest BCUT2D eigenvalue weighted by molar-refractivity contribution is 0.0697. The van der Waals surface area contributed by atoms with Crippen molar-refractivity contribution >= 4 is 29.1 Å². The van der Waals surface area contributed by atoms with Gasteiger partial charge in [-0.3, -0.25) is 0 Å². The summed E-state index contributed by atoms with van der Waals surface area (Å²) in [6.45, 7) is 0. The fourth-order valence-corrected chi connectivity index (χ4v) is 1.61. The summed E-state index contributed by atoms with van der Waals surface area (Å²) in [5.41, 5.74) is 0.775. The first-order valence-corrected chi connectivity index (χ1v) is 5.25. The number of carbonyl (C=O) groups is 1. The second-order valence-corrected chi connectivity index (χ2v) is 3.75. The molecule has 1 aromatic heterocycles. The molecule has 0 saturated heterocycles. The first-order chi connectivity index (χ1) is 8.16. The summed E-state index contributed by atoms with van der Waals surface area (Å²) < 4.78 is 0. The third kappa shape index (κ3) is 2.73. The van der Waals surface area contributed by atoms with Gasteiger partial charge in [0.2, 0.25) is 0 Å². The molecule has 0 aliphatic heterocycles. The molecule has 2 N–H and O–H groups in total. The Kier molecular flexibility index (Phi) is 3.25. The highest BCUT2D eigenvalue weighted by atomic mass is 35.5. The van der Waals surface area contributed by atoms with Crippen LogP contribution in [0.3, 0.4) is 0 Å². The standard InChI is InChI=1S/C12H9ClN2O2/c13-10-7-8(4-5-9(10)12(16)17)15-11-3-1-2-6-14-11/h1-7H,(H,14,15)(H,16,17). The molecule has 4 nitrogen and oxygen atoms in total. The van der Waals surface area contributed by atoms with Crippen LogP contribution in [0.4, 0.5) is 11.5 Å². The third-order valence-electron chi connectivity index (χ3n) is 2.14. The summed E-state index contributed by atoms with van der Waals surface area (Å²) in [5.74, 6) is -0.369. The number of halogens is 1. The zero-order chi connectivity index (χ0) is 12.3. The minimum atomic E-state index is -1.04. The van der Waals surface area contributed by atoms with Crippen molar-refractivity contribution in [2.75, 3.05) is 5.32 Å². The number of nitrogens with one attached hydrogen (secondary N) is 1. The molecular formula is C12H9ClN2O2. The lowest BCUT2D eigenvalue weighted by Crippen LogP contribution is -1.99. The third-order valence-corrected chi connectivity index (χ3v) is 2.45. The van der Waals surface area contributed by atoms with Crippen LogP contribution >= 0.6 is 11.6 Å². The maximum Gasteiger partial charge on any atom is 0.337 e. The number of aromatic carboxylic acids is 1. The Morgan fingerprint density at radius 2 is 2.12 bits per heavy atom. The topological polar surface area (TPSA) is 62.2 Å². The minimum absolute atomic E-state index is 0.0817. The fourth-order valence-electron chi connectivity index (χ4n) is 1.35. The van der Waals surface area contributed by atoms with Gasteiger partial charge in [-0.05, 0) is 30.3 Å². The van der Waals surface area contributed by atoms with Crippen LogP contribution in [-0.2, 0) is 0 Å². The van der Waals surface area contributed by atoms with Crippen molar-refractivity contribution in [3.05, 3.63) is 53.2 Å². The van der Waals surface area contributed by atoms with E-state index in [1.807, 2.05) is 12.1 Å². The molecule has 2 aromatic rings. The lowest BCUT2D eigenvalue weighted by atomic mass is 10.2. The Hall–Kier alpha value is -2.07. The average Bonchev–Trinajstić information content (AvgIpc) is 2.30. The predicted molar refractivity (Wildman–Crippen MR) is 65.9 cm³/mol. The Morgan fingerprint density at radius 1 is 1.29 bits per heavy atom. The van der Waals surface area contributed by atoms with Crippen LogP contribution in [0, 0.1) is 0 Å². The van der Waals surface area contributed by atoms with Crippen LogP contribution in [-0.4, -0.2) is 16.1 Å². The van der Waals surface area contributed by atoms with Gasteiger partial charge in [0.15, 0.2) is 0 Å². The number of aromatic nitrogens is 1. The largest absolute Gasteiger partial charge is 0.478 e. The summed E-state index contributed by atoms with van der Waals surface area (Å²) in [6.07, 6.45) is 1.66. The van der Waals surface area contributed by atoms with Gasteiger partial charge in [-0.15, -0.1) is 0 Å². The molecule has 5 heteroatoms. The number of benzene rings is 1. The highest BCUT2D eigenvalue weighted by molar-refractivity contribution is 6.33. The van der Waals surface area contributed by atoms with Crippen LogP contribution in [0.1, 0.15) is 10.4 Å². The van der Waals surface area contributed by atoms with Gasteiger partial charge in [0.05, 0.1) is 10.6 Å². The van der Waals surface area contributed by atoms with E-state index in [4.69, 9.17) is 16.7 Å². The highest BCUT2D eigenvalue weighted by Crippen LogP contribution is 2.22. The van der Waals surface area contributed by atoms with Gasteiger partial charge >= 0.3 is 5.97 Å². The first kappa shape index (κ1) is 11.4. The van der Waals surface area contributed by atoms with E-state index in [9.17, 15) is 4.79 Å². The number of carboxylic acid groups (broad SMARTS) is 1. The van der Waals surface area contributed by atoms with E-state index in [2.05, 4.69) is 10.3 Å². The summed E-state index contributed by atoms with van der Waals surface area (Å²) in [6, 6.07) is 10.1. The summed E-state index contributed by atoms with van der Waals surface area (Å²) >= 11 is 5.85. The van der Waals surface area contributed by atoms with Crippen LogP contribution in [0.5, 0.6) is 0 Å². The highest BCUT2D eigenvalue weighted by Gasteiger charge is 2.08. The summed E-state index contributed by atoms with van der Waals surface area (Å²) in [4.78, 5) is 14.9. The molecule has 2 rings (SSSR count). The Bertz CT molecular complexity index is 543. The SMILES string of the molecule is O=C(O)c1ccc(Nc2ccccn2)cc1Cl. The van der Waals surface area contributed by atoms with Crippen LogP contribution < -0.4 is 5.32 Å². The monoisotopic (exact) mass is 248 g/mol. The lowest BCUT2D eigenvalue weighted by Gasteiger charge is -2.06. The number of hydrogen-bond acceptors (Lipinski definition) is 3. The average molecular weight is 249 g/mol. The van der Waals surface area contributed by atoms with Gasteiger partial charge in [-0.25, -0.2) is 9.78 Å². The zero-order valence-corrected chi connectivity index (χ0v) is 9.48. The Balaban J connectivity index is 2.24. The number of pyridine rings is 1. The van der Waals surface area contributed by atoms with Crippen molar-refractivity contribution < 1.29 is 9.90 Å². The zero-order valence-electron chi connectivity index (χ0n) is 8.72. The molecule has 1 heterocycles. The number of rotatable bonds is 3. The molecule has 0 fully saturated rings. The molecule has 0 bridgehead atoms. The van der Waals surface area contributed by atoms with Crippen LogP contribution in [0.15, 0.2) is 42.6 Å². The van der Waals surface area contributed by atoms with E-state index < -0.39 is 5.97 Å². The van der Waals surface area contributed by atoms with E-state index in [1.165, 1.54) is 6.07 Å².